The number of halogens is 1. The van der Waals surface area contributed by atoms with Gasteiger partial charge in [-0.25, -0.2) is 0 Å². The molecule has 0 aromatic heterocycles. The van der Waals surface area contributed by atoms with Crippen LogP contribution in [0.2, 0.25) is 0 Å². The smallest absolute Gasteiger partial charge is 0.399 e. The van der Waals surface area contributed by atoms with E-state index < -0.39 is 0 Å². The van der Waals surface area contributed by atoms with Crippen LogP contribution in [-0.4, -0.2) is 18.3 Å². The van der Waals surface area contributed by atoms with E-state index in [1.165, 1.54) is 14.7 Å². The van der Waals surface area contributed by atoms with Crippen molar-refractivity contribution in [3.63, 3.8) is 0 Å². The normalized spacial score (nSPS) is 19.4. The molecule has 0 amide bonds. The molecule has 0 aliphatic carbocycles. The molecule has 4 heteroatoms. The van der Waals surface area contributed by atoms with Crippen LogP contribution < -0.4 is 5.46 Å². The zero-order valence-electron chi connectivity index (χ0n) is 13.4. The van der Waals surface area contributed by atoms with Gasteiger partial charge in [-0.15, -0.1) is 0 Å². The first kappa shape index (κ1) is 16.0. The van der Waals surface area contributed by atoms with Crippen LogP contribution in [-0.2, 0) is 9.31 Å². The molecule has 1 fully saturated rings. The summed E-state index contributed by atoms with van der Waals surface area (Å²) < 4.78 is 13.4. The molecule has 1 saturated heterocycles. The van der Waals surface area contributed by atoms with Crippen molar-refractivity contribution in [3.8, 4) is 11.1 Å². The second kappa shape index (κ2) is 5.66. The quantitative estimate of drug-likeness (QED) is 0.549. The molecule has 2 aromatic rings. The van der Waals surface area contributed by atoms with Gasteiger partial charge < -0.3 is 9.31 Å². The summed E-state index contributed by atoms with van der Waals surface area (Å²) in [6.07, 6.45) is 0. The molecule has 114 valence electrons. The van der Waals surface area contributed by atoms with Crippen LogP contribution in [0.1, 0.15) is 27.7 Å². The Kier molecular flexibility index (Phi) is 4.12. The highest BCUT2D eigenvalue weighted by molar-refractivity contribution is 14.1. The van der Waals surface area contributed by atoms with Gasteiger partial charge in [-0.05, 0) is 79.0 Å². The average Bonchev–Trinajstić information content (AvgIpc) is 2.68. The molecule has 0 spiro atoms. The SMILES string of the molecule is CC1(C)OB(c2ccc(-c3ccc(I)cc3)cc2)OC1(C)C. The van der Waals surface area contributed by atoms with E-state index in [-0.39, 0.29) is 18.3 Å². The maximum absolute atomic E-state index is 6.09. The first-order valence-electron chi connectivity index (χ1n) is 7.50. The molecule has 1 heterocycles. The van der Waals surface area contributed by atoms with Gasteiger partial charge >= 0.3 is 7.12 Å². The summed E-state index contributed by atoms with van der Waals surface area (Å²) in [5, 5.41) is 0. The number of hydrogen-bond donors (Lipinski definition) is 0. The Morgan fingerprint density at radius 3 is 1.59 bits per heavy atom. The molecule has 2 aromatic carbocycles. The molecule has 0 atom stereocenters. The van der Waals surface area contributed by atoms with Gasteiger partial charge in [-0.3, -0.25) is 0 Å². The number of benzene rings is 2. The predicted molar refractivity (Wildman–Crippen MR) is 100 cm³/mol. The molecule has 1 aliphatic heterocycles. The third-order valence-electron chi connectivity index (χ3n) is 4.61. The summed E-state index contributed by atoms with van der Waals surface area (Å²) in [4.78, 5) is 0. The van der Waals surface area contributed by atoms with Gasteiger partial charge in [0.15, 0.2) is 0 Å². The van der Waals surface area contributed by atoms with Crippen LogP contribution in [0.4, 0.5) is 0 Å². The van der Waals surface area contributed by atoms with E-state index in [1.807, 2.05) is 0 Å². The van der Waals surface area contributed by atoms with Crippen molar-refractivity contribution < 1.29 is 9.31 Å². The van der Waals surface area contributed by atoms with Gasteiger partial charge in [-0.2, -0.15) is 0 Å². The van der Waals surface area contributed by atoms with Crippen LogP contribution in [0.3, 0.4) is 0 Å². The third-order valence-corrected chi connectivity index (χ3v) is 5.33. The third kappa shape index (κ3) is 2.96. The van der Waals surface area contributed by atoms with Crippen molar-refractivity contribution in [2.75, 3.05) is 0 Å². The Morgan fingerprint density at radius 1 is 0.727 bits per heavy atom. The lowest BCUT2D eigenvalue weighted by atomic mass is 9.78. The molecule has 0 N–H and O–H groups in total. The van der Waals surface area contributed by atoms with E-state index in [2.05, 4.69) is 98.8 Å². The largest absolute Gasteiger partial charge is 0.494 e. The second-order valence-electron chi connectivity index (χ2n) is 6.72. The second-order valence-corrected chi connectivity index (χ2v) is 7.96. The van der Waals surface area contributed by atoms with Crippen LogP contribution in [0, 0.1) is 3.57 Å². The van der Waals surface area contributed by atoms with Crippen molar-refractivity contribution in [1.29, 1.82) is 0 Å². The van der Waals surface area contributed by atoms with Gasteiger partial charge in [0, 0.05) is 3.57 Å². The fourth-order valence-corrected chi connectivity index (χ4v) is 2.81. The van der Waals surface area contributed by atoms with E-state index in [9.17, 15) is 0 Å². The summed E-state index contributed by atoms with van der Waals surface area (Å²) in [7, 11) is -0.296. The first-order valence-corrected chi connectivity index (χ1v) is 8.58. The van der Waals surface area contributed by atoms with E-state index >= 15 is 0 Å². The van der Waals surface area contributed by atoms with Gasteiger partial charge in [-0.1, -0.05) is 36.4 Å². The Morgan fingerprint density at radius 2 is 1.14 bits per heavy atom. The zero-order valence-corrected chi connectivity index (χ0v) is 15.5. The summed E-state index contributed by atoms with van der Waals surface area (Å²) in [5.74, 6) is 0. The Hall–Kier alpha value is -0.845. The van der Waals surface area contributed by atoms with Gasteiger partial charge in [0.2, 0.25) is 0 Å². The first-order chi connectivity index (χ1) is 10.3. The lowest BCUT2D eigenvalue weighted by molar-refractivity contribution is 0.00578. The lowest BCUT2D eigenvalue weighted by Crippen LogP contribution is -2.41. The van der Waals surface area contributed by atoms with Gasteiger partial charge in [0.25, 0.3) is 0 Å². The fraction of sp³-hybridized carbons (Fsp3) is 0.333. The van der Waals surface area contributed by atoms with Crippen LogP contribution in [0.15, 0.2) is 48.5 Å². The molecular formula is C18H20BIO2. The minimum absolute atomic E-state index is 0.296. The predicted octanol–water partition coefficient (Wildman–Crippen LogP) is 4.26. The maximum atomic E-state index is 6.09. The standard InChI is InChI=1S/C18H20BIO2/c1-17(2)18(3,4)22-19(21-17)15-9-5-13(6-10-15)14-7-11-16(20)12-8-14/h5-12H,1-4H3. The molecular weight excluding hydrogens is 386 g/mol. The fourth-order valence-electron chi connectivity index (χ4n) is 2.45. The highest BCUT2D eigenvalue weighted by atomic mass is 127. The Labute approximate surface area is 146 Å². The monoisotopic (exact) mass is 406 g/mol. The van der Waals surface area contributed by atoms with E-state index in [0.717, 1.165) is 5.46 Å². The molecule has 0 bridgehead atoms. The summed E-state index contributed by atoms with van der Waals surface area (Å²) in [5.41, 5.74) is 2.89. The highest BCUT2D eigenvalue weighted by Gasteiger charge is 2.51. The van der Waals surface area contributed by atoms with Gasteiger partial charge in [0.05, 0.1) is 11.2 Å². The van der Waals surface area contributed by atoms with E-state index in [4.69, 9.17) is 9.31 Å². The van der Waals surface area contributed by atoms with Crippen LogP contribution >= 0.6 is 22.6 Å². The number of rotatable bonds is 2. The lowest BCUT2D eigenvalue weighted by Gasteiger charge is -2.32. The molecule has 0 saturated carbocycles. The summed E-state index contributed by atoms with van der Waals surface area (Å²) in [6.45, 7) is 8.31. The van der Waals surface area contributed by atoms with Gasteiger partial charge in [0.1, 0.15) is 0 Å². The van der Waals surface area contributed by atoms with Crippen molar-refractivity contribution >= 4 is 35.2 Å². The molecule has 1 aliphatic rings. The maximum Gasteiger partial charge on any atom is 0.494 e. The minimum Gasteiger partial charge on any atom is -0.399 e. The molecule has 3 rings (SSSR count). The molecule has 0 radical (unpaired) electrons. The van der Waals surface area contributed by atoms with E-state index in [0.29, 0.717) is 0 Å². The molecule has 22 heavy (non-hydrogen) atoms. The van der Waals surface area contributed by atoms with Crippen LogP contribution in [0.5, 0.6) is 0 Å². The number of hydrogen-bond acceptors (Lipinski definition) is 2. The molecule has 2 nitrogen and oxygen atoms in total. The topological polar surface area (TPSA) is 18.5 Å². The summed E-state index contributed by atoms with van der Waals surface area (Å²) >= 11 is 2.32. The average molecular weight is 406 g/mol. The van der Waals surface area contributed by atoms with Crippen molar-refractivity contribution in [2.45, 2.75) is 38.9 Å². The Balaban J connectivity index is 1.82. The summed E-state index contributed by atoms with van der Waals surface area (Å²) in [6, 6.07) is 17.0. The zero-order chi connectivity index (χ0) is 16.0. The van der Waals surface area contributed by atoms with Crippen molar-refractivity contribution in [2.24, 2.45) is 0 Å². The van der Waals surface area contributed by atoms with Crippen molar-refractivity contribution in [3.05, 3.63) is 52.1 Å². The van der Waals surface area contributed by atoms with Crippen molar-refractivity contribution in [1.82, 2.24) is 0 Å². The van der Waals surface area contributed by atoms with Crippen LogP contribution in [0.25, 0.3) is 11.1 Å². The minimum atomic E-state index is -0.299. The Bertz CT molecular complexity index is 646. The molecule has 0 unspecified atom stereocenters. The van der Waals surface area contributed by atoms with E-state index in [1.54, 1.807) is 0 Å². The highest BCUT2D eigenvalue weighted by Crippen LogP contribution is 2.36.